The number of hydrogen-bond donors (Lipinski definition) is 2. The van der Waals surface area contributed by atoms with Crippen LogP contribution >= 0.6 is 0 Å². The van der Waals surface area contributed by atoms with Gasteiger partial charge >= 0.3 is 0 Å². The van der Waals surface area contributed by atoms with Crippen LogP contribution < -0.4 is 5.32 Å². The fourth-order valence-electron chi connectivity index (χ4n) is 4.01. The van der Waals surface area contributed by atoms with Gasteiger partial charge in [-0.2, -0.15) is 0 Å². The predicted molar refractivity (Wildman–Crippen MR) is 125 cm³/mol. The van der Waals surface area contributed by atoms with Gasteiger partial charge in [0.2, 0.25) is 0 Å². The molecule has 1 fully saturated rings. The molecule has 162 valence electrons. The summed E-state index contributed by atoms with van der Waals surface area (Å²) in [5, 5.41) is 3.41. The number of hydrogen-bond acceptors (Lipinski definition) is 3. The number of nitrogens with zero attached hydrogens (tertiary/aromatic N) is 3. The molecule has 1 aliphatic rings. The van der Waals surface area contributed by atoms with Crippen molar-refractivity contribution in [3.05, 3.63) is 78.2 Å². The Morgan fingerprint density at radius 2 is 1.90 bits per heavy atom. The molecule has 2 atom stereocenters. The van der Waals surface area contributed by atoms with Crippen molar-refractivity contribution in [3.63, 3.8) is 0 Å². The molecule has 1 aromatic heterocycles. The standard InChI is InChI=1S/C25H31N5O/c1-3-26-25(28-16-21-14-15-31-24(21)20-12-8-5-9-13-20)30(2)18-23-27-17-22(29-23)19-10-6-4-7-11-19/h4-13,17,21,24H,3,14-16,18H2,1-2H3,(H,26,28)(H,27,29). The highest BCUT2D eigenvalue weighted by atomic mass is 16.5. The Hall–Kier alpha value is -3.12. The van der Waals surface area contributed by atoms with Gasteiger partial charge in [-0.15, -0.1) is 0 Å². The number of ether oxygens (including phenoxy) is 1. The normalized spacial score (nSPS) is 18.8. The SMILES string of the molecule is CCNC(=NCC1CCOC1c1ccccc1)N(C)Cc1ncc(-c2ccccc2)[nH]1. The highest BCUT2D eigenvalue weighted by Gasteiger charge is 2.29. The van der Waals surface area contributed by atoms with E-state index in [1.54, 1.807) is 0 Å². The van der Waals surface area contributed by atoms with Gasteiger partial charge in [-0.25, -0.2) is 4.98 Å². The number of aromatic amines is 1. The van der Waals surface area contributed by atoms with E-state index in [0.717, 1.165) is 49.2 Å². The molecule has 2 N–H and O–H groups in total. The van der Waals surface area contributed by atoms with E-state index in [9.17, 15) is 0 Å². The summed E-state index contributed by atoms with van der Waals surface area (Å²) in [6.45, 7) is 5.09. The number of benzene rings is 2. The lowest BCUT2D eigenvalue weighted by molar-refractivity contribution is 0.0925. The molecular formula is C25H31N5O. The van der Waals surface area contributed by atoms with Crippen molar-refractivity contribution < 1.29 is 4.74 Å². The van der Waals surface area contributed by atoms with Crippen molar-refractivity contribution in [2.24, 2.45) is 10.9 Å². The van der Waals surface area contributed by atoms with E-state index >= 15 is 0 Å². The van der Waals surface area contributed by atoms with Crippen molar-refractivity contribution in [2.45, 2.75) is 26.0 Å². The van der Waals surface area contributed by atoms with Crippen LogP contribution in [0, 0.1) is 5.92 Å². The van der Waals surface area contributed by atoms with E-state index in [0.29, 0.717) is 12.5 Å². The largest absolute Gasteiger partial charge is 0.373 e. The van der Waals surface area contributed by atoms with E-state index < -0.39 is 0 Å². The Balaban J connectivity index is 1.42. The second-order valence-corrected chi connectivity index (χ2v) is 7.91. The third-order valence-electron chi connectivity index (χ3n) is 5.61. The number of rotatable bonds is 7. The average Bonchev–Trinajstić information content (AvgIpc) is 3.47. The number of aromatic nitrogens is 2. The van der Waals surface area contributed by atoms with Gasteiger partial charge in [-0.3, -0.25) is 4.99 Å². The van der Waals surface area contributed by atoms with Gasteiger partial charge in [-0.05, 0) is 24.5 Å². The van der Waals surface area contributed by atoms with Crippen LogP contribution in [-0.4, -0.2) is 47.6 Å². The molecule has 0 radical (unpaired) electrons. The molecule has 6 nitrogen and oxygen atoms in total. The monoisotopic (exact) mass is 417 g/mol. The smallest absolute Gasteiger partial charge is 0.194 e. The van der Waals surface area contributed by atoms with E-state index in [-0.39, 0.29) is 6.10 Å². The van der Waals surface area contributed by atoms with Crippen LogP contribution in [0.1, 0.15) is 30.8 Å². The lowest BCUT2D eigenvalue weighted by atomic mass is 9.95. The average molecular weight is 418 g/mol. The number of H-pyrrole nitrogens is 1. The Morgan fingerprint density at radius 3 is 2.65 bits per heavy atom. The third-order valence-corrected chi connectivity index (χ3v) is 5.61. The first-order valence-corrected chi connectivity index (χ1v) is 11.0. The Morgan fingerprint density at radius 1 is 1.16 bits per heavy atom. The number of imidazole rings is 1. The summed E-state index contributed by atoms with van der Waals surface area (Å²) in [7, 11) is 2.05. The van der Waals surface area contributed by atoms with E-state index in [1.165, 1.54) is 5.56 Å². The van der Waals surface area contributed by atoms with E-state index in [2.05, 4.69) is 63.5 Å². The highest BCUT2D eigenvalue weighted by molar-refractivity contribution is 5.79. The van der Waals surface area contributed by atoms with Crippen molar-refractivity contribution in [3.8, 4) is 11.3 Å². The van der Waals surface area contributed by atoms with Gasteiger partial charge in [0.05, 0.1) is 24.5 Å². The predicted octanol–water partition coefficient (Wildman–Crippen LogP) is 4.25. The topological polar surface area (TPSA) is 65.5 Å². The minimum absolute atomic E-state index is 0.122. The minimum Gasteiger partial charge on any atom is -0.373 e. The highest BCUT2D eigenvalue weighted by Crippen LogP contribution is 2.34. The van der Waals surface area contributed by atoms with Crippen molar-refractivity contribution in [1.29, 1.82) is 0 Å². The van der Waals surface area contributed by atoms with Crippen LogP contribution in [0.4, 0.5) is 0 Å². The molecule has 1 aliphatic heterocycles. The molecule has 2 heterocycles. The number of aliphatic imine (C=N–C) groups is 1. The van der Waals surface area contributed by atoms with E-state index in [1.807, 2.05) is 37.5 Å². The fraction of sp³-hybridized carbons (Fsp3) is 0.360. The van der Waals surface area contributed by atoms with Gasteiger partial charge < -0.3 is 19.9 Å². The van der Waals surface area contributed by atoms with Gasteiger partial charge in [-0.1, -0.05) is 60.7 Å². The summed E-state index contributed by atoms with van der Waals surface area (Å²) in [6.07, 6.45) is 3.05. The molecule has 0 aliphatic carbocycles. The molecule has 3 aromatic rings. The van der Waals surface area contributed by atoms with Gasteiger partial charge in [0.25, 0.3) is 0 Å². The molecule has 2 unspecified atom stereocenters. The zero-order chi connectivity index (χ0) is 21.5. The zero-order valence-electron chi connectivity index (χ0n) is 18.3. The van der Waals surface area contributed by atoms with Gasteiger partial charge in [0.15, 0.2) is 5.96 Å². The van der Waals surface area contributed by atoms with Gasteiger partial charge in [0.1, 0.15) is 5.82 Å². The minimum atomic E-state index is 0.122. The Labute approximate surface area is 184 Å². The second kappa shape index (κ2) is 10.3. The molecule has 0 spiro atoms. The van der Waals surface area contributed by atoms with Crippen LogP contribution in [0.3, 0.4) is 0 Å². The lowest BCUT2D eigenvalue weighted by Crippen LogP contribution is -2.39. The maximum absolute atomic E-state index is 6.03. The summed E-state index contributed by atoms with van der Waals surface area (Å²) in [5.74, 6) is 2.19. The van der Waals surface area contributed by atoms with Crippen LogP contribution in [0.2, 0.25) is 0 Å². The number of nitrogens with one attached hydrogen (secondary N) is 2. The van der Waals surface area contributed by atoms with Crippen LogP contribution in [-0.2, 0) is 11.3 Å². The van der Waals surface area contributed by atoms with Crippen LogP contribution in [0.15, 0.2) is 71.9 Å². The molecule has 4 rings (SSSR count). The maximum Gasteiger partial charge on any atom is 0.194 e. The summed E-state index contributed by atoms with van der Waals surface area (Å²) in [4.78, 5) is 15.0. The first kappa shape index (κ1) is 21.1. The second-order valence-electron chi connectivity index (χ2n) is 7.91. The van der Waals surface area contributed by atoms with Gasteiger partial charge in [0, 0.05) is 32.7 Å². The van der Waals surface area contributed by atoms with Crippen molar-refractivity contribution in [1.82, 2.24) is 20.2 Å². The van der Waals surface area contributed by atoms with Crippen LogP contribution in [0.25, 0.3) is 11.3 Å². The summed E-state index contributed by atoms with van der Waals surface area (Å²) in [6, 6.07) is 20.7. The molecule has 31 heavy (non-hydrogen) atoms. The first-order valence-electron chi connectivity index (χ1n) is 11.0. The number of guanidine groups is 1. The molecule has 0 saturated carbocycles. The Kier molecular flexibility index (Phi) is 6.99. The van der Waals surface area contributed by atoms with Crippen molar-refractivity contribution >= 4 is 5.96 Å². The first-order chi connectivity index (χ1) is 15.2. The Bertz CT molecular complexity index is 970. The molecule has 0 bridgehead atoms. The lowest BCUT2D eigenvalue weighted by Gasteiger charge is -2.23. The molecular weight excluding hydrogens is 386 g/mol. The molecule has 6 heteroatoms. The van der Waals surface area contributed by atoms with Crippen LogP contribution in [0.5, 0.6) is 0 Å². The molecule has 2 aromatic carbocycles. The molecule has 1 saturated heterocycles. The van der Waals surface area contributed by atoms with E-state index in [4.69, 9.17) is 9.73 Å². The quantitative estimate of drug-likeness (QED) is 0.446. The third kappa shape index (κ3) is 5.33. The fourth-order valence-corrected chi connectivity index (χ4v) is 4.01. The zero-order valence-corrected chi connectivity index (χ0v) is 18.3. The molecule has 0 amide bonds. The maximum atomic E-state index is 6.03. The van der Waals surface area contributed by atoms with Crippen molar-refractivity contribution in [2.75, 3.05) is 26.7 Å². The summed E-state index contributed by atoms with van der Waals surface area (Å²) < 4.78 is 6.03. The summed E-state index contributed by atoms with van der Waals surface area (Å²) in [5.41, 5.74) is 3.40. The summed E-state index contributed by atoms with van der Waals surface area (Å²) >= 11 is 0.